The predicted molar refractivity (Wildman–Crippen MR) is 42.3 cm³/mol. The first kappa shape index (κ1) is 9.44. The molecule has 0 fully saturated rings. The lowest BCUT2D eigenvalue weighted by Crippen LogP contribution is -2.18. The minimum absolute atomic E-state index is 0.183. The van der Waals surface area contributed by atoms with E-state index < -0.39 is 0 Å². The van der Waals surface area contributed by atoms with Crippen molar-refractivity contribution in [3.05, 3.63) is 23.9 Å². The first-order chi connectivity index (χ1) is 5.11. The maximum absolute atomic E-state index is 10.5. The number of amides is 1. The highest BCUT2D eigenvalue weighted by atomic mass is 16.1. The largest absolute Gasteiger partial charge is 0.329 e. The van der Waals surface area contributed by atoms with Crippen LogP contribution in [0.1, 0.15) is 13.8 Å². The van der Waals surface area contributed by atoms with Crippen LogP contribution in [0, 0.1) is 11.3 Å². The highest BCUT2D eigenvalue weighted by Gasteiger charge is 1.97. The lowest BCUT2D eigenvalue weighted by molar-refractivity contribution is -0.118. The number of rotatable bonds is 2. The molecule has 0 heterocycles. The Morgan fingerprint density at radius 2 is 2.18 bits per heavy atom. The lowest BCUT2D eigenvalue weighted by Gasteiger charge is -2.00. The van der Waals surface area contributed by atoms with E-state index in [9.17, 15) is 4.79 Å². The molecule has 0 spiro atoms. The summed E-state index contributed by atoms with van der Waals surface area (Å²) in [6.07, 6.45) is 1.41. The van der Waals surface area contributed by atoms with Crippen LogP contribution in [0.25, 0.3) is 0 Å². The Morgan fingerprint density at radius 3 is 2.45 bits per heavy atom. The first-order valence-corrected chi connectivity index (χ1v) is 3.12. The van der Waals surface area contributed by atoms with Crippen LogP contribution < -0.4 is 5.32 Å². The van der Waals surface area contributed by atoms with Crippen LogP contribution in [0.4, 0.5) is 0 Å². The molecular weight excluding hydrogens is 140 g/mol. The highest BCUT2D eigenvalue weighted by Crippen LogP contribution is 1.99. The van der Waals surface area contributed by atoms with Gasteiger partial charge in [-0.1, -0.05) is 6.58 Å². The topological polar surface area (TPSA) is 52.9 Å². The minimum Gasteiger partial charge on any atom is -0.329 e. The summed E-state index contributed by atoms with van der Waals surface area (Å²) >= 11 is 0. The van der Waals surface area contributed by atoms with E-state index >= 15 is 0 Å². The van der Waals surface area contributed by atoms with Gasteiger partial charge >= 0.3 is 0 Å². The monoisotopic (exact) mass is 150 g/mol. The Hall–Kier alpha value is -1.56. The van der Waals surface area contributed by atoms with Crippen molar-refractivity contribution in [2.45, 2.75) is 13.8 Å². The molecule has 0 aromatic rings. The number of nitrogens with one attached hydrogen (secondary N) is 1. The Bertz CT molecular complexity index is 245. The van der Waals surface area contributed by atoms with Gasteiger partial charge in [0.2, 0.25) is 5.91 Å². The van der Waals surface area contributed by atoms with Gasteiger partial charge in [-0.25, -0.2) is 0 Å². The molecule has 3 heteroatoms. The van der Waals surface area contributed by atoms with Gasteiger partial charge in [0.1, 0.15) is 6.07 Å². The number of carbonyl (C=O) groups excluding carboxylic acids is 1. The van der Waals surface area contributed by atoms with E-state index in [2.05, 4.69) is 11.9 Å². The summed E-state index contributed by atoms with van der Waals surface area (Å²) in [6.45, 7) is 6.47. The second-order valence-corrected chi connectivity index (χ2v) is 2.04. The summed E-state index contributed by atoms with van der Waals surface area (Å²) in [5.41, 5.74) is 0.926. The van der Waals surface area contributed by atoms with E-state index in [1.165, 1.54) is 13.0 Å². The van der Waals surface area contributed by atoms with Gasteiger partial charge in [-0.3, -0.25) is 4.79 Å². The quantitative estimate of drug-likeness (QED) is 0.473. The average molecular weight is 150 g/mol. The van der Waals surface area contributed by atoms with E-state index in [1.54, 1.807) is 6.92 Å². The van der Waals surface area contributed by atoms with Gasteiger partial charge < -0.3 is 5.32 Å². The van der Waals surface area contributed by atoms with E-state index in [0.717, 1.165) is 0 Å². The number of hydrogen-bond donors (Lipinski definition) is 1. The molecule has 0 aliphatic carbocycles. The molecule has 0 aliphatic rings. The Balaban J connectivity index is 4.52. The summed E-state index contributed by atoms with van der Waals surface area (Å²) in [5.74, 6) is -0.183. The molecule has 0 unspecified atom stereocenters. The Morgan fingerprint density at radius 1 is 1.64 bits per heavy atom. The summed E-state index contributed by atoms with van der Waals surface area (Å²) in [4.78, 5) is 10.5. The average Bonchev–Trinajstić information content (AvgIpc) is 1.88. The van der Waals surface area contributed by atoms with Crippen LogP contribution in [-0.4, -0.2) is 5.91 Å². The Labute approximate surface area is 66.0 Å². The molecule has 0 aromatic carbocycles. The second kappa shape index (κ2) is 4.29. The zero-order chi connectivity index (χ0) is 8.85. The van der Waals surface area contributed by atoms with E-state index in [4.69, 9.17) is 5.26 Å². The number of hydrogen-bond acceptors (Lipinski definition) is 2. The zero-order valence-electron chi connectivity index (χ0n) is 6.64. The summed E-state index contributed by atoms with van der Waals surface area (Å²) < 4.78 is 0. The molecule has 11 heavy (non-hydrogen) atoms. The van der Waals surface area contributed by atoms with Crippen LogP contribution in [0.2, 0.25) is 0 Å². The fourth-order valence-electron chi connectivity index (χ4n) is 0.614. The second-order valence-electron chi connectivity index (χ2n) is 2.04. The summed E-state index contributed by atoms with van der Waals surface area (Å²) in [6, 6.07) is 1.90. The fraction of sp³-hybridized carbons (Fsp3) is 0.250. The molecule has 1 N–H and O–H groups in total. The molecular formula is C8H10N2O. The lowest BCUT2D eigenvalue weighted by atomic mass is 10.2. The third kappa shape index (κ3) is 3.21. The molecule has 58 valence electrons. The molecule has 0 saturated heterocycles. The van der Waals surface area contributed by atoms with Gasteiger partial charge in [0.05, 0.1) is 5.57 Å². The molecule has 0 atom stereocenters. The summed E-state index contributed by atoms with van der Waals surface area (Å²) in [7, 11) is 0. The van der Waals surface area contributed by atoms with Gasteiger partial charge in [-0.05, 0) is 13.0 Å². The molecule has 0 bridgehead atoms. The Kier molecular flexibility index (Phi) is 3.68. The third-order valence-corrected chi connectivity index (χ3v) is 1.09. The molecule has 1 amide bonds. The highest BCUT2D eigenvalue weighted by molar-refractivity contribution is 5.75. The molecule has 0 rings (SSSR count). The normalized spacial score (nSPS) is 11.0. The number of carbonyl (C=O) groups is 1. The van der Waals surface area contributed by atoms with Crippen LogP contribution in [-0.2, 0) is 4.79 Å². The van der Waals surface area contributed by atoms with Gasteiger partial charge in [0.15, 0.2) is 0 Å². The van der Waals surface area contributed by atoms with Gasteiger partial charge in [0.25, 0.3) is 0 Å². The molecule has 3 nitrogen and oxygen atoms in total. The standard InChI is InChI=1S/C8H10N2O/c1-4-8(5-9)6(2)10-7(3)11/h4H,1H2,2-3H3,(H,10,11)/b8-6+. The van der Waals surface area contributed by atoms with Crippen LogP contribution >= 0.6 is 0 Å². The van der Waals surface area contributed by atoms with Crippen molar-refractivity contribution in [1.82, 2.24) is 5.32 Å². The van der Waals surface area contributed by atoms with Crippen molar-refractivity contribution in [2.24, 2.45) is 0 Å². The zero-order valence-corrected chi connectivity index (χ0v) is 6.64. The number of allylic oxidation sites excluding steroid dienone is 3. The van der Waals surface area contributed by atoms with Crippen LogP contribution in [0.3, 0.4) is 0 Å². The molecule has 0 aromatic heterocycles. The summed E-state index contributed by atoms with van der Waals surface area (Å²) in [5, 5.41) is 11.0. The van der Waals surface area contributed by atoms with Crippen molar-refractivity contribution in [1.29, 1.82) is 5.26 Å². The number of nitrogens with zero attached hydrogens (tertiary/aromatic N) is 1. The molecule has 0 saturated carbocycles. The van der Waals surface area contributed by atoms with Crippen molar-refractivity contribution in [3.8, 4) is 6.07 Å². The van der Waals surface area contributed by atoms with Crippen LogP contribution in [0.15, 0.2) is 23.9 Å². The predicted octanol–water partition coefficient (Wildman–Crippen LogP) is 1.11. The SMILES string of the molecule is C=C/C(C#N)=C(/C)NC(C)=O. The fourth-order valence-corrected chi connectivity index (χ4v) is 0.614. The van der Waals surface area contributed by atoms with Crippen molar-refractivity contribution >= 4 is 5.91 Å². The first-order valence-electron chi connectivity index (χ1n) is 3.12. The smallest absolute Gasteiger partial charge is 0.221 e. The molecule has 0 aliphatic heterocycles. The molecule has 0 radical (unpaired) electrons. The van der Waals surface area contributed by atoms with Crippen LogP contribution in [0.5, 0.6) is 0 Å². The number of nitriles is 1. The van der Waals surface area contributed by atoms with E-state index in [1.807, 2.05) is 6.07 Å². The maximum Gasteiger partial charge on any atom is 0.221 e. The van der Waals surface area contributed by atoms with Gasteiger partial charge in [-0.15, -0.1) is 0 Å². The van der Waals surface area contributed by atoms with Crippen molar-refractivity contribution in [3.63, 3.8) is 0 Å². The van der Waals surface area contributed by atoms with Gasteiger partial charge in [0, 0.05) is 12.6 Å². The van der Waals surface area contributed by atoms with E-state index in [0.29, 0.717) is 11.3 Å². The van der Waals surface area contributed by atoms with Crippen molar-refractivity contribution < 1.29 is 4.79 Å². The van der Waals surface area contributed by atoms with E-state index in [-0.39, 0.29) is 5.91 Å². The van der Waals surface area contributed by atoms with Gasteiger partial charge in [-0.2, -0.15) is 5.26 Å². The maximum atomic E-state index is 10.5. The van der Waals surface area contributed by atoms with Crippen molar-refractivity contribution in [2.75, 3.05) is 0 Å². The minimum atomic E-state index is -0.183. The third-order valence-electron chi connectivity index (χ3n) is 1.09.